The van der Waals surface area contributed by atoms with Crippen LogP contribution in [0, 0.1) is 16.7 Å². The number of nitriles is 1. The van der Waals surface area contributed by atoms with Crippen molar-refractivity contribution in [1.29, 1.82) is 5.26 Å². The molecule has 15 heavy (non-hydrogen) atoms. The molecule has 0 aromatic heterocycles. The summed E-state index contributed by atoms with van der Waals surface area (Å²) in [5.41, 5.74) is -1.00. The van der Waals surface area contributed by atoms with Crippen LogP contribution in [0.5, 0.6) is 0 Å². The van der Waals surface area contributed by atoms with Crippen LogP contribution in [-0.2, 0) is 9.53 Å². The summed E-state index contributed by atoms with van der Waals surface area (Å²) < 4.78 is 5.23. The smallest absolute Gasteiger partial charge is 0.242 e. The summed E-state index contributed by atoms with van der Waals surface area (Å²) in [7, 11) is 0. The summed E-state index contributed by atoms with van der Waals surface area (Å²) in [6.45, 7) is 4.35. The number of nitrogens with zero attached hydrogens (tertiary/aromatic N) is 2. The lowest BCUT2D eigenvalue weighted by Gasteiger charge is -2.34. The molecule has 0 aliphatic carbocycles. The summed E-state index contributed by atoms with van der Waals surface area (Å²) in [4.78, 5) is 13.5. The molecule has 1 rings (SSSR count). The first kappa shape index (κ1) is 12.0. The van der Waals surface area contributed by atoms with Crippen molar-refractivity contribution >= 4 is 5.91 Å². The summed E-state index contributed by atoms with van der Waals surface area (Å²) in [5, 5.41) is 17.8. The maximum Gasteiger partial charge on any atom is 0.242 e. The van der Waals surface area contributed by atoms with Crippen molar-refractivity contribution in [3.63, 3.8) is 0 Å². The largest absolute Gasteiger partial charge is 0.394 e. The van der Waals surface area contributed by atoms with Gasteiger partial charge >= 0.3 is 0 Å². The molecule has 1 saturated heterocycles. The molecule has 1 amide bonds. The number of aliphatic hydroxyl groups excluding tert-OH is 1. The lowest BCUT2D eigenvalue weighted by molar-refractivity contribution is -0.146. The second-order valence-corrected chi connectivity index (χ2v) is 4.16. The Kier molecular flexibility index (Phi) is 3.66. The highest BCUT2D eigenvalue weighted by Crippen LogP contribution is 2.19. The van der Waals surface area contributed by atoms with Gasteiger partial charge in [-0.25, -0.2) is 0 Å². The number of ether oxygens (including phenoxy) is 1. The van der Waals surface area contributed by atoms with Crippen molar-refractivity contribution in [2.45, 2.75) is 20.0 Å². The number of hydrogen-bond donors (Lipinski definition) is 1. The molecule has 0 spiro atoms. The van der Waals surface area contributed by atoms with Gasteiger partial charge in [0.1, 0.15) is 5.41 Å². The molecule has 1 heterocycles. The van der Waals surface area contributed by atoms with E-state index < -0.39 is 5.41 Å². The van der Waals surface area contributed by atoms with Crippen molar-refractivity contribution < 1.29 is 14.6 Å². The molecule has 1 unspecified atom stereocenters. The number of hydrogen-bond acceptors (Lipinski definition) is 4. The van der Waals surface area contributed by atoms with E-state index in [1.165, 1.54) is 0 Å². The third kappa shape index (κ3) is 2.67. The molecule has 5 nitrogen and oxygen atoms in total. The zero-order valence-electron chi connectivity index (χ0n) is 9.06. The molecule has 1 atom stereocenters. The Balaban J connectivity index is 2.65. The number of morpholine rings is 1. The van der Waals surface area contributed by atoms with Crippen LogP contribution in [0.1, 0.15) is 13.8 Å². The average molecular weight is 212 g/mol. The van der Waals surface area contributed by atoms with E-state index >= 15 is 0 Å². The molecule has 0 aromatic rings. The van der Waals surface area contributed by atoms with Crippen LogP contribution >= 0.6 is 0 Å². The maximum absolute atomic E-state index is 11.9. The average Bonchev–Trinajstić information content (AvgIpc) is 2.28. The fraction of sp³-hybridized carbons (Fsp3) is 0.800. The van der Waals surface area contributed by atoms with Gasteiger partial charge in [-0.05, 0) is 13.8 Å². The van der Waals surface area contributed by atoms with Gasteiger partial charge in [0.15, 0.2) is 0 Å². The topological polar surface area (TPSA) is 73.6 Å². The zero-order valence-corrected chi connectivity index (χ0v) is 9.06. The molecule has 0 radical (unpaired) electrons. The van der Waals surface area contributed by atoms with E-state index in [2.05, 4.69) is 0 Å². The zero-order chi connectivity index (χ0) is 11.5. The minimum Gasteiger partial charge on any atom is -0.394 e. The van der Waals surface area contributed by atoms with Crippen molar-refractivity contribution in [1.82, 2.24) is 4.90 Å². The fourth-order valence-corrected chi connectivity index (χ4v) is 1.46. The van der Waals surface area contributed by atoms with Gasteiger partial charge in [0.05, 0.1) is 25.4 Å². The second kappa shape index (κ2) is 4.60. The maximum atomic E-state index is 11.9. The van der Waals surface area contributed by atoms with Crippen molar-refractivity contribution in [2.24, 2.45) is 5.41 Å². The summed E-state index contributed by atoms with van der Waals surface area (Å²) in [6.07, 6.45) is -0.322. The predicted molar refractivity (Wildman–Crippen MR) is 52.8 cm³/mol. The minimum absolute atomic E-state index is 0.100. The van der Waals surface area contributed by atoms with Gasteiger partial charge in [-0.2, -0.15) is 5.26 Å². The Morgan fingerprint density at radius 3 is 2.93 bits per heavy atom. The molecule has 0 bridgehead atoms. The SMILES string of the molecule is CC(C)(C#N)C(=O)N1CCOC(CO)C1. The van der Waals surface area contributed by atoms with E-state index in [-0.39, 0.29) is 18.6 Å². The Morgan fingerprint density at radius 2 is 2.40 bits per heavy atom. The van der Waals surface area contributed by atoms with Crippen LogP contribution in [0.25, 0.3) is 0 Å². The first-order valence-corrected chi connectivity index (χ1v) is 4.94. The first-order chi connectivity index (χ1) is 7.01. The first-order valence-electron chi connectivity index (χ1n) is 4.94. The van der Waals surface area contributed by atoms with Gasteiger partial charge in [0.2, 0.25) is 5.91 Å². The highest BCUT2D eigenvalue weighted by molar-refractivity contribution is 5.84. The van der Waals surface area contributed by atoms with Gasteiger partial charge in [-0.15, -0.1) is 0 Å². The number of rotatable bonds is 2. The van der Waals surface area contributed by atoms with E-state index in [1.807, 2.05) is 6.07 Å². The van der Waals surface area contributed by atoms with Gasteiger partial charge < -0.3 is 14.7 Å². The third-order valence-corrected chi connectivity index (χ3v) is 2.44. The molecule has 1 aliphatic rings. The van der Waals surface area contributed by atoms with Crippen LogP contribution in [0.2, 0.25) is 0 Å². The molecule has 5 heteroatoms. The number of carbonyl (C=O) groups excluding carboxylic acids is 1. The van der Waals surface area contributed by atoms with Crippen molar-refractivity contribution in [2.75, 3.05) is 26.3 Å². The fourth-order valence-electron chi connectivity index (χ4n) is 1.46. The standard InChI is InChI=1S/C10H16N2O3/c1-10(2,7-11)9(14)12-3-4-15-8(5-12)6-13/h8,13H,3-6H2,1-2H3. The van der Waals surface area contributed by atoms with E-state index in [9.17, 15) is 4.79 Å². The molecule has 1 fully saturated rings. The van der Waals surface area contributed by atoms with Crippen LogP contribution in [0.3, 0.4) is 0 Å². The Morgan fingerprint density at radius 1 is 1.73 bits per heavy atom. The highest BCUT2D eigenvalue weighted by Gasteiger charge is 2.34. The van der Waals surface area contributed by atoms with Crippen LogP contribution < -0.4 is 0 Å². The normalized spacial score (nSPS) is 22.3. The van der Waals surface area contributed by atoms with Crippen LogP contribution in [0.4, 0.5) is 0 Å². The summed E-state index contributed by atoms with van der Waals surface area (Å²) >= 11 is 0. The predicted octanol–water partition coefficient (Wildman–Crippen LogP) is -0.244. The van der Waals surface area contributed by atoms with Crippen molar-refractivity contribution in [3.05, 3.63) is 0 Å². The minimum atomic E-state index is -1.00. The molecule has 0 aromatic carbocycles. The Hall–Kier alpha value is -1.12. The lowest BCUT2D eigenvalue weighted by atomic mass is 9.93. The van der Waals surface area contributed by atoms with Crippen LogP contribution in [-0.4, -0.2) is 48.3 Å². The summed E-state index contributed by atoms with van der Waals surface area (Å²) in [6, 6.07) is 1.98. The number of carbonyl (C=O) groups is 1. The molecule has 0 saturated carbocycles. The molecule has 84 valence electrons. The number of amides is 1. The molecule has 1 N–H and O–H groups in total. The van der Waals surface area contributed by atoms with Gasteiger partial charge in [0, 0.05) is 13.1 Å². The monoisotopic (exact) mass is 212 g/mol. The third-order valence-electron chi connectivity index (χ3n) is 2.44. The highest BCUT2D eigenvalue weighted by atomic mass is 16.5. The Labute approximate surface area is 89.2 Å². The number of aliphatic hydroxyl groups is 1. The quantitative estimate of drug-likeness (QED) is 0.685. The van der Waals surface area contributed by atoms with E-state index in [1.54, 1.807) is 18.7 Å². The molecular weight excluding hydrogens is 196 g/mol. The Bertz CT molecular complexity index is 283. The van der Waals surface area contributed by atoms with Gasteiger partial charge in [-0.3, -0.25) is 4.79 Å². The second-order valence-electron chi connectivity index (χ2n) is 4.16. The van der Waals surface area contributed by atoms with E-state index in [0.29, 0.717) is 19.7 Å². The van der Waals surface area contributed by atoms with E-state index in [4.69, 9.17) is 15.1 Å². The van der Waals surface area contributed by atoms with Gasteiger partial charge in [0.25, 0.3) is 0 Å². The van der Waals surface area contributed by atoms with E-state index in [0.717, 1.165) is 0 Å². The summed E-state index contributed by atoms with van der Waals surface area (Å²) in [5.74, 6) is -0.202. The molecule has 1 aliphatic heterocycles. The molecular formula is C10H16N2O3. The van der Waals surface area contributed by atoms with Crippen LogP contribution in [0.15, 0.2) is 0 Å². The van der Waals surface area contributed by atoms with Crippen molar-refractivity contribution in [3.8, 4) is 6.07 Å². The van der Waals surface area contributed by atoms with Gasteiger partial charge in [-0.1, -0.05) is 0 Å². The lowest BCUT2D eigenvalue weighted by Crippen LogP contribution is -2.50.